The van der Waals surface area contributed by atoms with Crippen LogP contribution in [0.5, 0.6) is 0 Å². The number of aromatic nitrogens is 5. The van der Waals surface area contributed by atoms with Gasteiger partial charge in [0.05, 0.1) is 16.2 Å². The molecule has 2 aromatic heterocycles. The van der Waals surface area contributed by atoms with Crippen LogP contribution in [0.4, 0.5) is 0 Å². The molecule has 7 nitrogen and oxygen atoms in total. The molecular formula is C16H17ClN6O. The second-order valence-electron chi connectivity index (χ2n) is 6.00. The van der Waals surface area contributed by atoms with Crippen molar-refractivity contribution in [1.82, 2.24) is 24.9 Å². The van der Waals surface area contributed by atoms with E-state index in [-0.39, 0.29) is 5.89 Å². The first-order chi connectivity index (χ1) is 11.6. The van der Waals surface area contributed by atoms with E-state index in [4.69, 9.17) is 21.9 Å². The van der Waals surface area contributed by atoms with Crippen LogP contribution in [0.2, 0.25) is 5.02 Å². The van der Waals surface area contributed by atoms with Crippen molar-refractivity contribution >= 4 is 11.6 Å². The molecule has 0 unspecified atom stereocenters. The van der Waals surface area contributed by atoms with E-state index in [9.17, 15) is 0 Å². The van der Waals surface area contributed by atoms with Gasteiger partial charge in [0.1, 0.15) is 5.82 Å². The second-order valence-corrected chi connectivity index (χ2v) is 6.41. The van der Waals surface area contributed by atoms with E-state index in [1.807, 2.05) is 31.2 Å². The summed E-state index contributed by atoms with van der Waals surface area (Å²) in [6.07, 6.45) is 3.52. The van der Waals surface area contributed by atoms with Gasteiger partial charge in [-0.2, -0.15) is 4.98 Å². The highest BCUT2D eigenvalue weighted by Gasteiger charge is 2.39. The van der Waals surface area contributed by atoms with Gasteiger partial charge in [-0.3, -0.25) is 0 Å². The molecule has 124 valence electrons. The van der Waals surface area contributed by atoms with Gasteiger partial charge >= 0.3 is 0 Å². The molecule has 0 radical (unpaired) electrons. The largest absolute Gasteiger partial charge is 0.330 e. The molecule has 0 atom stereocenters. The third kappa shape index (κ3) is 2.40. The number of para-hydroxylation sites is 1. The molecule has 1 aliphatic carbocycles. The zero-order valence-corrected chi connectivity index (χ0v) is 14.0. The lowest BCUT2D eigenvalue weighted by atomic mass is 9.77. The normalized spacial score (nSPS) is 16.1. The first-order valence-electron chi connectivity index (χ1n) is 7.95. The molecule has 0 amide bonds. The second kappa shape index (κ2) is 5.68. The minimum Gasteiger partial charge on any atom is -0.330 e. The Morgan fingerprint density at radius 2 is 2.08 bits per heavy atom. The number of halogens is 1. The molecular weight excluding hydrogens is 328 g/mol. The van der Waals surface area contributed by atoms with Gasteiger partial charge in [-0.25, -0.2) is 9.67 Å². The van der Waals surface area contributed by atoms with E-state index in [2.05, 4.69) is 20.2 Å². The van der Waals surface area contributed by atoms with Gasteiger partial charge in [0.2, 0.25) is 5.82 Å². The van der Waals surface area contributed by atoms with Crippen molar-refractivity contribution in [1.29, 1.82) is 0 Å². The molecule has 1 aliphatic rings. The SMILES string of the molecule is CCc1nc(-c2nc(C3(N)CCC3)no2)nn1-c1ccccc1Cl. The summed E-state index contributed by atoms with van der Waals surface area (Å²) in [6.45, 7) is 2.00. The van der Waals surface area contributed by atoms with Crippen molar-refractivity contribution < 1.29 is 4.52 Å². The number of benzene rings is 1. The third-order valence-corrected chi connectivity index (χ3v) is 4.70. The summed E-state index contributed by atoms with van der Waals surface area (Å²) in [5.41, 5.74) is 6.54. The Morgan fingerprint density at radius 3 is 2.75 bits per heavy atom. The summed E-state index contributed by atoms with van der Waals surface area (Å²) in [5, 5.41) is 9.12. The van der Waals surface area contributed by atoms with Crippen LogP contribution < -0.4 is 5.73 Å². The monoisotopic (exact) mass is 344 g/mol. The Bertz CT molecular complexity index is 882. The van der Waals surface area contributed by atoms with E-state index in [0.717, 1.165) is 30.8 Å². The third-order valence-electron chi connectivity index (χ3n) is 4.38. The summed E-state index contributed by atoms with van der Waals surface area (Å²) in [6, 6.07) is 7.49. The zero-order chi connectivity index (χ0) is 16.7. The molecule has 3 aromatic rings. The topological polar surface area (TPSA) is 95.7 Å². The van der Waals surface area contributed by atoms with Gasteiger partial charge < -0.3 is 10.3 Å². The lowest BCUT2D eigenvalue weighted by molar-refractivity contribution is 0.229. The van der Waals surface area contributed by atoms with E-state index < -0.39 is 5.54 Å². The average Bonchev–Trinajstić information content (AvgIpc) is 3.20. The van der Waals surface area contributed by atoms with Gasteiger partial charge in [-0.15, -0.1) is 5.10 Å². The van der Waals surface area contributed by atoms with Crippen molar-refractivity contribution in [3.05, 3.63) is 40.9 Å². The predicted octanol–water partition coefficient (Wildman–Crippen LogP) is 2.87. The molecule has 4 rings (SSSR count). The van der Waals surface area contributed by atoms with Crippen LogP contribution in [-0.2, 0) is 12.0 Å². The standard InChI is InChI=1S/C16H17ClN6O/c1-2-12-19-13(21-23(12)11-7-4-3-6-10(11)17)14-20-15(22-24-14)16(18)8-5-9-16/h3-4,6-7H,2,5,8-9,18H2,1H3. The maximum Gasteiger partial charge on any atom is 0.297 e. The number of hydrogen-bond acceptors (Lipinski definition) is 6. The molecule has 24 heavy (non-hydrogen) atoms. The van der Waals surface area contributed by atoms with Crippen molar-refractivity contribution in [2.45, 2.75) is 38.1 Å². The van der Waals surface area contributed by atoms with Crippen LogP contribution in [0.1, 0.15) is 37.8 Å². The smallest absolute Gasteiger partial charge is 0.297 e. The van der Waals surface area contributed by atoms with Gasteiger partial charge in [-0.1, -0.05) is 35.8 Å². The molecule has 0 saturated heterocycles. The van der Waals surface area contributed by atoms with Crippen LogP contribution in [0, 0.1) is 0 Å². The number of nitrogens with zero attached hydrogens (tertiary/aromatic N) is 5. The molecule has 1 fully saturated rings. The fourth-order valence-electron chi connectivity index (χ4n) is 2.78. The fourth-order valence-corrected chi connectivity index (χ4v) is 2.99. The Kier molecular flexibility index (Phi) is 3.62. The summed E-state index contributed by atoms with van der Waals surface area (Å²) in [7, 11) is 0. The van der Waals surface area contributed by atoms with Gasteiger partial charge in [-0.05, 0) is 31.4 Å². The number of aryl methyl sites for hydroxylation is 1. The minimum absolute atomic E-state index is 0.280. The number of rotatable bonds is 4. The Hall–Kier alpha value is -2.25. The predicted molar refractivity (Wildman–Crippen MR) is 88.8 cm³/mol. The van der Waals surface area contributed by atoms with Crippen LogP contribution in [-0.4, -0.2) is 24.9 Å². The van der Waals surface area contributed by atoms with Gasteiger partial charge in [0.15, 0.2) is 5.82 Å². The first kappa shape index (κ1) is 15.3. The molecule has 8 heteroatoms. The van der Waals surface area contributed by atoms with Crippen molar-refractivity contribution in [2.75, 3.05) is 0 Å². The highest BCUT2D eigenvalue weighted by atomic mass is 35.5. The highest BCUT2D eigenvalue weighted by Crippen LogP contribution is 2.37. The fraction of sp³-hybridized carbons (Fsp3) is 0.375. The number of hydrogen-bond donors (Lipinski definition) is 1. The van der Waals surface area contributed by atoms with E-state index in [1.165, 1.54) is 0 Å². The molecule has 1 saturated carbocycles. The zero-order valence-electron chi connectivity index (χ0n) is 13.2. The Labute approximate surface area is 143 Å². The van der Waals surface area contributed by atoms with E-state index in [0.29, 0.717) is 23.1 Å². The van der Waals surface area contributed by atoms with E-state index in [1.54, 1.807) is 4.68 Å². The molecule has 2 heterocycles. The minimum atomic E-state index is -0.472. The van der Waals surface area contributed by atoms with Crippen molar-refractivity contribution in [3.63, 3.8) is 0 Å². The molecule has 0 bridgehead atoms. The van der Waals surface area contributed by atoms with Crippen molar-refractivity contribution in [3.8, 4) is 17.4 Å². The Morgan fingerprint density at radius 1 is 1.29 bits per heavy atom. The maximum atomic E-state index is 6.28. The lowest BCUT2D eigenvalue weighted by Crippen LogP contribution is -2.44. The van der Waals surface area contributed by atoms with Gasteiger partial charge in [0, 0.05) is 6.42 Å². The Balaban J connectivity index is 1.74. The van der Waals surface area contributed by atoms with E-state index >= 15 is 0 Å². The summed E-state index contributed by atoms with van der Waals surface area (Å²) < 4.78 is 7.05. The highest BCUT2D eigenvalue weighted by molar-refractivity contribution is 6.32. The summed E-state index contributed by atoms with van der Waals surface area (Å²) in [4.78, 5) is 8.92. The molecule has 0 aliphatic heterocycles. The van der Waals surface area contributed by atoms with Crippen molar-refractivity contribution in [2.24, 2.45) is 5.73 Å². The average molecular weight is 345 g/mol. The molecule has 0 spiro atoms. The lowest BCUT2D eigenvalue weighted by Gasteiger charge is -2.34. The van der Waals surface area contributed by atoms with Crippen LogP contribution in [0.25, 0.3) is 17.4 Å². The summed E-state index contributed by atoms with van der Waals surface area (Å²) >= 11 is 6.28. The first-order valence-corrected chi connectivity index (χ1v) is 8.33. The molecule has 2 N–H and O–H groups in total. The van der Waals surface area contributed by atoms with Gasteiger partial charge in [0.25, 0.3) is 5.89 Å². The van der Waals surface area contributed by atoms with Crippen LogP contribution in [0.3, 0.4) is 0 Å². The van der Waals surface area contributed by atoms with Crippen LogP contribution >= 0.6 is 11.6 Å². The molecule has 1 aromatic carbocycles. The van der Waals surface area contributed by atoms with Crippen LogP contribution in [0.15, 0.2) is 28.8 Å². The number of nitrogens with two attached hydrogens (primary N) is 1. The summed E-state index contributed by atoms with van der Waals surface area (Å²) in [5.74, 6) is 1.95. The maximum absolute atomic E-state index is 6.28. The quantitative estimate of drug-likeness (QED) is 0.781.